The van der Waals surface area contributed by atoms with Crippen molar-refractivity contribution in [2.75, 3.05) is 6.61 Å². The number of nitrogens with one attached hydrogen (secondary N) is 1. The number of hydrogen-bond donors (Lipinski definition) is 1. The lowest BCUT2D eigenvalue weighted by molar-refractivity contribution is 0.381. The maximum atomic E-state index is 13.1. The second-order valence-electron chi connectivity index (χ2n) is 6.56. The van der Waals surface area contributed by atoms with Crippen LogP contribution >= 0.6 is 0 Å². The molecule has 6 nitrogen and oxygen atoms in total. The first-order chi connectivity index (χ1) is 12.2. The SMILES string of the molecule is CC(c1ccc2[nH]cnc2c1)n1c(=O)n(CC2CO2)c2ccccc21. The fourth-order valence-electron chi connectivity index (χ4n) is 3.52. The fourth-order valence-corrected chi connectivity index (χ4v) is 3.52. The van der Waals surface area contributed by atoms with E-state index in [4.69, 9.17) is 4.74 Å². The number of benzene rings is 2. The molecule has 1 aliphatic rings. The quantitative estimate of drug-likeness (QED) is 0.584. The van der Waals surface area contributed by atoms with E-state index >= 15 is 0 Å². The lowest BCUT2D eigenvalue weighted by Crippen LogP contribution is -2.28. The molecule has 2 aromatic carbocycles. The molecule has 3 heterocycles. The van der Waals surface area contributed by atoms with Crippen LogP contribution in [0, 0.1) is 0 Å². The van der Waals surface area contributed by atoms with Gasteiger partial charge in [-0.1, -0.05) is 18.2 Å². The van der Waals surface area contributed by atoms with Crippen LogP contribution in [-0.4, -0.2) is 31.8 Å². The van der Waals surface area contributed by atoms with Crippen LogP contribution in [0.1, 0.15) is 18.5 Å². The third-order valence-electron chi connectivity index (χ3n) is 4.97. The van der Waals surface area contributed by atoms with Gasteiger partial charge in [0.1, 0.15) is 0 Å². The van der Waals surface area contributed by atoms with Crippen LogP contribution in [0.4, 0.5) is 0 Å². The van der Waals surface area contributed by atoms with E-state index < -0.39 is 0 Å². The van der Waals surface area contributed by atoms with E-state index in [1.54, 1.807) is 6.33 Å². The molecule has 2 atom stereocenters. The van der Waals surface area contributed by atoms with Crippen molar-refractivity contribution in [2.24, 2.45) is 0 Å². The minimum absolute atomic E-state index is 0.00586. The molecule has 1 aliphatic heterocycles. The van der Waals surface area contributed by atoms with Crippen molar-refractivity contribution < 1.29 is 4.74 Å². The highest BCUT2D eigenvalue weighted by Crippen LogP contribution is 2.25. The van der Waals surface area contributed by atoms with E-state index in [9.17, 15) is 4.79 Å². The Morgan fingerprint density at radius 2 is 2.08 bits per heavy atom. The monoisotopic (exact) mass is 334 g/mol. The summed E-state index contributed by atoms with van der Waals surface area (Å²) >= 11 is 0. The van der Waals surface area contributed by atoms with E-state index in [1.165, 1.54) is 0 Å². The molecule has 2 aromatic heterocycles. The van der Waals surface area contributed by atoms with Crippen LogP contribution in [0.3, 0.4) is 0 Å². The molecule has 1 saturated heterocycles. The average molecular weight is 334 g/mol. The van der Waals surface area contributed by atoms with Crippen LogP contribution in [0.5, 0.6) is 0 Å². The van der Waals surface area contributed by atoms with E-state index in [1.807, 2.05) is 51.6 Å². The van der Waals surface area contributed by atoms with Crippen molar-refractivity contribution in [3.05, 3.63) is 64.8 Å². The number of imidazole rings is 2. The Balaban J connectivity index is 1.68. The Hall–Kier alpha value is -2.86. The molecule has 6 heteroatoms. The smallest absolute Gasteiger partial charge is 0.329 e. The van der Waals surface area contributed by atoms with Gasteiger partial charge in [-0.25, -0.2) is 9.78 Å². The summed E-state index contributed by atoms with van der Waals surface area (Å²) < 4.78 is 9.03. The van der Waals surface area contributed by atoms with Gasteiger partial charge in [-0.2, -0.15) is 0 Å². The van der Waals surface area contributed by atoms with Crippen LogP contribution in [0.25, 0.3) is 22.1 Å². The van der Waals surface area contributed by atoms with Gasteiger partial charge in [0, 0.05) is 0 Å². The second-order valence-corrected chi connectivity index (χ2v) is 6.56. The van der Waals surface area contributed by atoms with Crippen molar-refractivity contribution in [2.45, 2.75) is 25.6 Å². The summed E-state index contributed by atoms with van der Waals surface area (Å²) in [6.07, 6.45) is 1.85. The molecular formula is C19H18N4O2. The van der Waals surface area contributed by atoms with Gasteiger partial charge >= 0.3 is 5.69 Å². The molecule has 0 amide bonds. The number of ether oxygens (including phenoxy) is 1. The first-order valence-corrected chi connectivity index (χ1v) is 8.47. The van der Waals surface area contributed by atoms with Gasteiger partial charge in [0.25, 0.3) is 0 Å². The van der Waals surface area contributed by atoms with Crippen LogP contribution in [0.2, 0.25) is 0 Å². The molecule has 1 N–H and O–H groups in total. The molecule has 1 fully saturated rings. The molecule has 5 rings (SSSR count). The number of aromatic amines is 1. The first-order valence-electron chi connectivity index (χ1n) is 8.47. The van der Waals surface area contributed by atoms with Crippen molar-refractivity contribution in [1.29, 1.82) is 0 Å². The van der Waals surface area contributed by atoms with E-state index in [0.717, 1.165) is 34.2 Å². The number of H-pyrrole nitrogens is 1. The summed E-state index contributed by atoms with van der Waals surface area (Å²) in [6.45, 7) is 3.40. The third kappa shape index (κ3) is 2.29. The topological polar surface area (TPSA) is 68.1 Å². The van der Waals surface area contributed by atoms with Gasteiger partial charge < -0.3 is 9.72 Å². The summed E-state index contributed by atoms with van der Waals surface area (Å²) in [6, 6.07) is 14.0. The van der Waals surface area contributed by atoms with Crippen LogP contribution in [0.15, 0.2) is 53.6 Å². The molecule has 0 bridgehead atoms. The highest BCUT2D eigenvalue weighted by molar-refractivity contribution is 5.77. The van der Waals surface area contributed by atoms with Crippen LogP contribution < -0.4 is 5.69 Å². The number of aromatic nitrogens is 4. The highest BCUT2D eigenvalue weighted by Gasteiger charge is 2.27. The molecular weight excluding hydrogens is 316 g/mol. The minimum atomic E-state index is -0.0835. The Morgan fingerprint density at radius 1 is 1.28 bits per heavy atom. The standard InChI is InChI=1S/C19H18N4O2/c1-12(13-6-7-15-16(8-13)21-11-20-15)23-18-5-3-2-4-17(18)22(19(23)24)9-14-10-25-14/h2-8,11-12,14H,9-10H2,1H3,(H,20,21). The zero-order valence-electron chi connectivity index (χ0n) is 13.8. The minimum Gasteiger partial charge on any atom is -0.371 e. The van der Waals surface area contributed by atoms with Crippen molar-refractivity contribution in [1.82, 2.24) is 19.1 Å². The van der Waals surface area contributed by atoms with Crippen LogP contribution in [-0.2, 0) is 11.3 Å². The second kappa shape index (κ2) is 5.32. The molecule has 4 aromatic rings. The Labute approximate surface area is 143 Å². The maximum absolute atomic E-state index is 13.1. The molecule has 2 unspecified atom stereocenters. The zero-order chi connectivity index (χ0) is 17.0. The van der Waals surface area contributed by atoms with Gasteiger partial charge in [-0.05, 0) is 36.8 Å². The molecule has 25 heavy (non-hydrogen) atoms. The van der Waals surface area contributed by atoms with Crippen molar-refractivity contribution in [3.8, 4) is 0 Å². The third-order valence-corrected chi connectivity index (χ3v) is 4.97. The highest BCUT2D eigenvalue weighted by atomic mass is 16.6. The number of nitrogens with zero attached hydrogens (tertiary/aromatic N) is 3. The molecule has 0 spiro atoms. The molecule has 126 valence electrons. The Bertz CT molecular complexity index is 1130. The maximum Gasteiger partial charge on any atom is 0.329 e. The van der Waals surface area contributed by atoms with Crippen molar-refractivity contribution in [3.63, 3.8) is 0 Å². The molecule has 0 aliphatic carbocycles. The molecule has 0 radical (unpaired) electrons. The van der Waals surface area contributed by atoms with Gasteiger partial charge in [-0.3, -0.25) is 9.13 Å². The number of epoxide rings is 1. The number of fused-ring (bicyclic) bond motifs is 2. The van der Waals surface area contributed by atoms with Gasteiger partial charge in [0.2, 0.25) is 0 Å². The Morgan fingerprint density at radius 3 is 2.88 bits per heavy atom. The van der Waals surface area contributed by atoms with Crippen molar-refractivity contribution >= 4 is 22.1 Å². The van der Waals surface area contributed by atoms with Gasteiger partial charge in [0.15, 0.2) is 0 Å². The predicted octanol–water partition coefficient (Wildman–Crippen LogP) is 2.69. The average Bonchev–Trinajstić information content (AvgIpc) is 3.25. The lowest BCUT2D eigenvalue weighted by atomic mass is 10.1. The first kappa shape index (κ1) is 14.5. The van der Waals surface area contributed by atoms with E-state index in [0.29, 0.717) is 6.54 Å². The molecule has 0 saturated carbocycles. The summed E-state index contributed by atoms with van der Waals surface area (Å²) in [5.74, 6) is 0. The predicted molar refractivity (Wildman–Crippen MR) is 95.8 cm³/mol. The fraction of sp³-hybridized carbons (Fsp3) is 0.263. The van der Waals surface area contributed by atoms with E-state index in [2.05, 4.69) is 16.9 Å². The normalized spacial score (nSPS) is 18.0. The number of para-hydroxylation sites is 2. The Kier molecular flexibility index (Phi) is 3.08. The number of rotatable bonds is 4. The largest absolute Gasteiger partial charge is 0.371 e. The summed E-state index contributed by atoms with van der Waals surface area (Å²) in [4.78, 5) is 20.6. The summed E-state index contributed by atoms with van der Waals surface area (Å²) in [5, 5.41) is 0. The summed E-state index contributed by atoms with van der Waals surface area (Å²) in [7, 11) is 0. The lowest BCUT2D eigenvalue weighted by Gasteiger charge is -2.14. The van der Waals surface area contributed by atoms with E-state index in [-0.39, 0.29) is 17.8 Å². The summed E-state index contributed by atoms with van der Waals surface area (Å²) in [5.41, 5.74) is 4.88. The van der Waals surface area contributed by atoms with Gasteiger partial charge in [-0.15, -0.1) is 0 Å². The van der Waals surface area contributed by atoms with Gasteiger partial charge in [0.05, 0.1) is 53.7 Å². The zero-order valence-corrected chi connectivity index (χ0v) is 13.8. The number of hydrogen-bond acceptors (Lipinski definition) is 3.